The number of hydrogen-bond donors (Lipinski definition) is 1. The van der Waals surface area contributed by atoms with Gasteiger partial charge in [-0.15, -0.1) is 0 Å². The molecule has 5 nitrogen and oxygen atoms in total. The summed E-state index contributed by atoms with van der Waals surface area (Å²) >= 11 is 6.66. The van der Waals surface area contributed by atoms with Gasteiger partial charge >= 0.3 is 0 Å². The molecule has 0 atom stereocenters. The van der Waals surface area contributed by atoms with Crippen LogP contribution in [0.25, 0.3) is 0 Å². The van der Waals surface area contributed by atoms with Gasteiger partial charge < -0.3 is 9.47 Å². The number of benzene rings is 3. The van der Waals surface area contributed by atoms with E-state index in [1.165, 1.54) is 5.56 Å². The second-order valence-electron chi connectivity index (χ2n) is 6.64. The van der Waals surface area contributed by atoms with Gasteiger partial charge in [0.2, 0.25) is 0 Å². The van der Waals surface area contributed by atoms with Crippen LogP contribution in [0.3, 0.4) is 0 Å². The van der Waals surface area contributed by atoms with Crippen LogP contribution < -0.4 is 14.9 Å². The molecule has 3 aromatic rings. The molecule has 3 rings (SSSR count). The van der Waals surface area contributed by atoms with E-state index in [0.29, 0.717) is 17.9 Å². The first-order valence-corrected chi connectivity index (χ1v) is 12.5. The molecular weight excluding hydrogens is 733 g/mol. The van der Waals surface area contributed by atoms with Gasteiger partial charge in [-0.2, -0.15) is 5.10 Å². The second kappa shape index (κ2) is 11.5. The molecule has 0 saturated carbocycles. The Morgan fingerprint density at radius 3 is 2.45 bits per heavy atom. The predicted molar refractivity (Wildman–Crippen MR) is 148 cm³/mol. The smallest absolute Gasteiger partial charge is 0.271 e. The molecule has 160 valence electrons. The summed E-state index contributed by atoms with van der Waals surface area (Å²) in [4.78, 5) is 12.3. The minimum absolute atomic E-state index is 0.298. The van der Waals surface area contributed by atoms with Gasteiger partial charge in [0.15, 0.2) is 0 Å². The van der Waals surface area contributed by atoms with E-state index in [2.05, 4.69) is 103 Å². The zero-order valence-corrected chi connectivity index (χ0v) is 23.3. The summed E-state index contributed by atoms with van der Waals surface area (Å²) in [6.07, 6.45) is 1.62. The number of carbonyl (C=O) groups excluding carboxylic acids is 1. The Balaban J connectivity index is 1.65. The molecule has 0 aliphatic carbocycles. The third kappa shape index (κ3) is 6.78. The number of aryl methyl sites for hydroxylation is 1. The summed E-state index contributed by atoms with van der Waals surface area (Å²) in [5.41, 5.74) is 6.26. The molecule has 0 fully saturated rings. The Labute approximate surface area is 222 Å². The van der Waals surface area contributed by atoms with Crippen molar-refractivity contribution >= 4 is 79.9 Å². The van der Waals surface area contributed by atoms with E-state index in [9.17, 15) is 4.79 Å². The lowest BCUT2D eigenvalue weighted by atomic mass is 10.1. The van der Waals surface area contributed by atoms with E-state index in [-0.39, 0.29) is 5.91 Å². The summed E-state index contributed by atoms with van der Waals surface area (Å²) in [5, 5.41) is 4.10. The van der Waals surface area contributed by atoms with Crippen LogP contribution in [0.4, 0.5) is 0 Å². The first kappa shape index (κ1) is 24.2. The molecule has 31 heavy (non-hydrogen) atoms. The van der Waals surface area contributed by atoms with Gasteiger partial charge in [0.1, 0.15) is 18.1 Å². The molecule has 1 amide bonds. The van der Waals surface area contributed by atoms with E-state index in [0.717, 1.165) is 27.6 Å². The van der Waals surface area contributed by atoms with Crippen LogP contribution in [0.5, 0.6) is 11.5 Å². The Morgan fingerprint density at radius 2 is 1.77 bits per heavy atom. The van der Waals surface area contributed by atoms with Gasteiger partial charge in [-0.05, 0) is 116 Å². The normalized spacial score (nSPS) is 10.9. The summed E-state index contributed by atoms with van der Waals surface area (Å²) in [7, 11) is 1.58. The third-order valence-corrected chi connectivity index (χ3v) is 6.77. The van der Waals surface area contributed by atoms with Crippen molar-refractivity contribution in [1.82, 2.24) is 5.43 Å². The number of amides is 1. The van der Waals surface area contributed by atoms with Crippen LogP contribution in [-0.2, 0) is 6.61 Å². The largest absolute Gasteiger partial charge is 0.496 e. The molecule has 0 bridgehead atoms. The summed E-state index contributed by atoms with van der Waals surface area (Å²) in [5.74, 6) is 1.20. The fourth-order valence-electron chi connectivity index (χ4n) is 2.78. The van der Waals surface area contributed by atoms with Crippen LogP contribution in [0.15, 0.2) is 59.7 Å². The molecule has 0 spiro atoms. The average Bonchev–Trinajstić information content (AvgIpc) is 2.73. The van der Waals surface area contributed by atoms with E-state index in [1.54, 1.807) is 25.5 Å². The highest BCUT2D eigenvalue weighted by atomic mass is 127. The highest BCUT2D eigenvalue weighted by Crippen LogP contribution is 2.29. The minimum Gasteiger partial charge on any atom is -0.496 e. The predicted octanol–water partition coefficient (Wildman–Crippen LogP) is 6.16. The SMILES string of the molecule is COc1cc(C(=O)N/N=C\c2cc(I)c(OCc3cccc(C)c3)c(I)c2)ccc1I. The van der Waals surface area contributed by atoms with Crippen LogP contribution in [0.1, 0.15) is 27.0 Å². The van der Waals surface area contributed by atoms with Gasteiger partial charge in [0.05, 0.1) is 24.0 Å². The number of hydrazone groups is 1. The average molecular weight is 752 g/mol. The summed E-state index contributed by atoms with van der Waals surface area (Å²) in [6, 6.07) is 17.5. The number of carbonyl (C=O) groups is 1. The first-order chi connectivity index (χ1) is 14.9. The lowest BCUT2D eigenvalue weighted by Crippen LogP contribution is -2.17. The fraction of sp³-hybridized carbons (Fsp3) is 0.130. The summed E-state index contributed by atoms with van der Waals surface area (Å²) in [6.45, 7) is 2.58. The number of nitrogens with one attached hydrogen (secondary N) is 1. The monoisotopic (exact) mass is 752 g/mol. The Bertz CT molecular complexity index is 1110. The zero-order chi connectivity index (χ0) is 22.4. The molecule has 0 radical (unpaired) electrons. The maximum Gasteiger partial charge on any atom is 0.271 e. The molecule has 0 heterocycles. The number of hydrogen-bond acceptors (Lipinski definition) is 4. The van der Waals surface area contributed by atoms with Gasteiger partial charge in [0, 0.05) is 5.56 Å². The van der Waals surface area contributed by atoms with Crippen molar-refractivity contribution in [3.63, 3.8) is 0 Å². The van der Waals surface area contributed by atoms with Gasteiger partial charge in [-0.1, -0.05) is 29.8 Å². The van der Waals surface area contributed by atoms with Crippen LogP contribution in [0.2, 0.25) is 0 Å². The van der Waals surface area contributed by atoms with Crippen molar-refractivity contribution in [3.8, 4) is 11.5 Å². The van der Waals surface area contributed by atoms with Gasteiger partial charge in [-0.3, -0.25) is 4.79 Å². The molecular formula is C23H19I3N2O3. The van der Waals surface area contributed by atoms with Crippen LogP contribution >= 0.6 is 67.8 Å². The Kier molecular flexibility index (Phi) is 8.95. The van der Waals surface area contributed by atoms with Crippen LogP contribution in [-0.4, -0.2) is 19.2 Å². The van der Waals surface area contributed by atoms with Crippen molar-refractivity contribution in [3.05, 3.63) is 87.6 Å². The number of methoxy groups -OCH3 is 1. The van der Waals surface area contributed by atoms with E-state index in [4.69, 9.17) is 9.47 Å². The summed E-state index contributed by atoms with van der Waals surface area (Å²) < 4.78 is 14.2. The third-order valence-electron chi connectivity index (χ3n) is 4.28. The van der Waals surface area contributed by atoms with Crippen LogP contribution in [0, 0.1) is 17.6 Å². The fourth-order valence-corrected chi connectivity index (χ4v) is 5.46. The maximum atomic E-state index is 12.3. The molecule has 3 aromatic carbocycles. The standard InChI is InChI=1S/C23H19I3N2O3/c1-14-4-3-5-15(8-14)13-31-22-19(25)9-16(10-20(22)26)12-27-28-23(29)17-6-7-18(24)21(11-17)30-2/h3-12H,13H2,1-2H3,(H,28,29)/b27-12-. The lowest BCUT2D eigenvalue weighted by molar-refractivity contribution is 0.0954. The van der Waals surface area contributed by atoms with E-state index in [1.807, 2.05) is 24.3 Å². The highest BCUT2D eigenvalue weighted by molar-refractivity contribution is 14.1. The Hall–Kier alpha value is -1.41. The Morgan fingerprint density at radius 1 is 1.03 bits per heavy atom. The maximum absolute atomic E-state index is 12.3. The highest BCUT2D eigenvalue weighted by Gasteiger charge is 2.10. The van der Waals surface area contributed by atoms with Gasteiger partial charge in [0.25, 0.3) is 5.91 Å². The molecule has 8 heteroatoms. The van der Waals surface area contributed by atoms with Crippen molar-refractivity contribution in [2.45, 2.75) is 13.5 Å². The molecule has 0 aliphatic heterocycles. The topological polar surface area (TPSA) is 59.9 Å². The zero-order valence-electron chi connectivity index (χ0n) is 16.8. The van der Waals surface area contributed by atoms with E-state index < -0.39 is 0 Å². The number of nitrogens with zero attached hydrogens (tertiary/aromatic N) is 1. The number of ether oxygens (including phenoxy) is 2. The minimum atomic E-state index is -0.298. The van der Waals surface area contributed by atoms with Crippen molar-refractivity contribution in [2.75, 3.05) is 7.11 Å². The molecule has 0 unspecified atom stereocenters. The number of rotatable bonds is 7. The van der Waals surface area contributed by atoms with Crippen molar-refractivity contribution < 1.29 is 14.3 Å². The first-order valence-electron chi connectivity index (χ1n) is 9.21. The van der Waals surface area contributed by atoms with Crippen molar-refractivity contribution in [2.24, 2.45) is 5.10 Å². The number of halogens is 3. The molecule has 0 aliphatic rings. The quantitative estimate of drug-likeness (QED) is 0.179. The van der Waals surface area contributed by atoms with Gasteiger partial charge in [-0.25, -0.2) is 5.43 Å². The molecule has 1 N–H and O–H groups in total. The molecule has 0 aromatic heterocycles. The lowest BCUT2D eigenvalue weighted by Gasteiger charge is -2.12. The second-order valence-corrected chi connectivity index (χ2v) is 10.1. The molecule has 0 saturated heterocycles. The van der Waals surface area contributed by atoms with E-state index >= 15 is 0 Å². The van der Waals surface area contributed by atoms with Crippen molar-refractivity contribution in [1.29, 1.82) is 0 Å².